The minimum absolute atomic E-state index is 0.0632. The molecule has 0 aromatic heterocycles. The van der Waals surface area contributed by atoms with Crippen molar-refractivity contribution in [3.63, 3.8) is 0 Å². The molecule has 1 aromatic carbocycles. The highest BCUT2D eigenvalue weighted by atomic mass is 35.5. The Bertz CT molecular complexity index is 610. The number of halogens is 1. The van der Waals surface area contributed by atoms with Gasteiger partial charge in [-0.3, -0.25) is 4.72 Å². The van der Waals surface area contributed by atoms with Crippen LogP contribution in [-0.2, 0) is 21.4 Å². The number of nitrogens with zero attached hydrogens (tertiary/aromatic N) is 2. The molecule has 5 nitrogen and oxygen atoms in total. The lowest BCUT2D eigenvalue weighted by Crippen LogP contribution is -2.16. The molecule has 2 rings (SSSR count). The Balaban J connectivity index is 2.11. The van der Waals surface area contributed by atoms with E-state index in [2.05, 4.69) is 13.4 Å². The van der Waals surface area contributed by atoms with Crippen LogP contribution < -0.4 is 4.72 Å². The molecule has 0 amide bonds. The number of fused-ring (bicyclic) bond motifs is 1. The van der Waals surface area contributed by atoms with Crippen molar-refractivity contribution >= 4 is 50.0 Å². The van der Waals surface area contributed by atoms with E-state index >= 15 is 0 Å². The largest absolute Gasteiger partial charge is 0.281 e. The summed E-state index contributed by atoms with van der Waals surface area (Å²) in [4.78, 5) is 0. The molecule has 0 saturated carbocycles. The maximum atomic E-state index is 11.8. The summed E-state index contributed by atoms with van der Waals surface area (Å²) < 4.78 is 34.4. The zero-order valence-electron chi connectivity index (χ0n) is 9.47. The Morgan fingerprint density at radius 3 is 2.89 bits per heavy atom. The number of nitrogens with one attached hydrogen (secondary N) is 1. The molecular weight excluding hydrogens is 294 g/mol. The van der Waals surface area contributed by atoms with Gasteiger partial charge in [-0.2, -0.15) is 8.73 Å². The van der Waals surface area contributed by atoms with Crippen LogP contribution in [-0.4, -0.2) is 20.1 Å². The molecule has 0 radical (unpaired) electrons. The topological polar surface area (TPSA) is 70.9 Å². The van der Waals surface area contributed by atoms with Crippen LogP contribution >= 0.6 is 11.6 Å². The first-order valence-corrected chi connectivity index (χ1v) is 8.32. The number of unbranched alkanes of at least 4 members (excludes halogenated alkanes) is 1. The lowest BCUT2D eigenvalue weighted by molar-refractivity contribution is 0.598. The fourth-order valence-corrected chi connectivity index (χ4v) is 3.42. The van der Waals surface area contributed by atoms with Crippen LogP contribution in [0.3, 0.4) is 0 Å². The van der Waals surface area contributed by atoms with Crippen LogP contribution in [0.25, 0.3) is 0 Å². The van der Waals surface area contributed by atoms with E-state index in [0.29, 0.717) is 35.8 Å². The summed E-state index contributed by atoms with van der Waals surface area (Å²) in [5.41, 5.74) is 1.76. The van der Waals surface area contributed by atoms with E-state index in [9.17, 15) is 8.42 Å². The van der Waals surface area contributed by atoms with Crippen LogP contribution in [0.5, 0.6) is 0 Å². The average Bonchev–Trinajstić information content (AvgIpc) is 2.78. The summed E-state index contributed by atoms with van der Waals surface area (Å²) in [6.07, 6.45) is 1.23. The summed E-state index contributed by atoms with van der Waals surface area (Å²) in [6, 6.07) is 5.23. The average molecular weight is 306 g/mol. The zero-order valence-corrected chi connectivity index (χ0v) is 11.9. The molecule has 0 atom stereocenters. The summed E-state index contributed by atoms with van der Waals surface area (Å²) in [7, 11) is -3.35. The van der Waals surface area contributed by atoms with Crippen LogP contribution in [0.1, 0.15) is 12.8 Å². The van der Waals surface area contributed by atoms with Gasteiger partial charge in [0.15, 0.2) is 0 Å². The van der Waals surface area contributed by atoms with Gasteiger partial charge in [-0.05, 0) is 25.0 Å². The molecule has 0 saturated heterocycles. The standard InChI is InChI=1S/C10H12ClN3O2S2/c11-6-1-2-7-18(15,16)14-9-5-3-4-8-10(9)13-17-12-8/h3-5,14H,1-2,6-7H2. The molecule has 98 valence electrons. The molecular formula is C10H12ClN3O2S2. The van der Waals surface area contributed by atoms with Crippen molar-refractivity contribution in [3.05, 3.63) is 18.2 Å². The third-order valence-electron chi connectivity index (χ3n) is 2.35. The van der Waals surface area contributed by atoms with E-state index in [-0.39, 0.29) is 5.75 Å². The van der Waals surface area contributed by atoms with Gasteiger partial charge in [0, 0.05) is 5.88 Å². The Kier molecular flexibility index (Phi) is 4.36. The number of anilines is 1. The van der Waals surface area contributed by atoms with Crippen molar-refractivity contribution in [2.75, 3.05) is 16.4 Å². The van der Waals surface area contributed by atoms with E-state index in [1.807, 2.05) is 0 Å². The number of rotatable bonds is 6. The van der Waals surface area contributed by atoms with E-state index in [0.717, 1.165) is 11.4 Å². The fraction of sp³-hybridized carbons (Fsp3) is 0.400. The maximum Gasteiger partial charge on any atom is 0.232 e. The molecule has 0 unspecified atom stereocenters. The first kappa shape index (κ1) is 13.5. The third kappa shape index (κ3) is 3.30. The van der Waals surface area contributed by atoms with Crippen molar-refractivity contribution < 1.29 is 8.42 Å². The van der Waals surface area contributed by atoms with E-state index in [4.69, 9.17) is 11.6 Å². The Hall–Kier alpha value is -0.920. The minimum atomic E-state index is -3.35. The van der Waals surface area contributed by atoms with Crippen molar-refractivity contribution in [3.8, 4) is 0 Å². The number of alkyl halides is 1. The quantitative estimate of drug-likeness (QED) is 0.657. The lowest BCUT2D eigenvalue weighted by atomic mass is 10.2. The molecule has 18 heavy (non-hydrogen) atoms. The molecule has 0 spiro atoms. The number of benzene rings is 1. The van der Waals surface area contributed by atoms with Crippen molar-refractivity contribution in [2.45, 2.75) is 12.8 Å². The summed E-state index contributed by atoms with van der Waals surface area (Å²) >= 11 is 6.58. The van der Waals surface area contributed by atoms with Gasteiger partial charge in [0.25, 0.3) is 0 Å². The van der Waals surface area contributed by atoms with E-state index < -0.39 is 10.0 Å². The van der Waals surface area contributed by atoms with Gasteiger partial charge in [0.2, 0.25) is 10.0 Å². The highest BCUT2D eigenvalue weighted by Crippen LogP contribution is 2.38. The molecule has 0 bridgehead atoms. The predicted octanol–water partition coefficient (Wildman–Crippen LogP) is 3.17. The van der Waals surface area contributed by atoms with Gasteiger partial charge in [-0.1, -0.05) is 6.07 Å². The highest BCUT2D eigenvalue weighted by Gasteiger charge is 2.16. The Morgan fingerprint density at radius 2 is 2.11 bits per heavy atom. The predicted molar refractivity (Wildman–Crippen MR) is 75.3 cm³/mol. The molecule has 1 N–H and O–H groups in total. The van der Waals surface area contributed by atoms with E-state index in [1.165, 1.54) is 0 Å². The zero-order chi connectivity index (χ0) is 13.0. The van der Waals surface area contributed by atoms with Gasteiger partial charge in [-0.15, -0.1) is 11.6 Å². The Labute approximate surface area is 114 Å². The van der Waals surface area contributed by atoms with Crippen LogP contribution in [0.2, 0.25) is 0 Å². The smallest absolute Gasteiger partial charge is 0.232 e. The SMILES string of the molecule is O=S(=O)(CCCCCl)Nc1cccc2c1N=S=N2. The summed E-state index contributed by atoms with van der Waals surface area (Å²) in [5, 5.41) is 0. The minimum Gasteiger partial charge on any atom is -0.281 e. The van der Waals surface area contributed by atoms with Crippen molar-refractivity contribution in [1.29, 1.82) is 0 Å². The van der Waals surface area contributed by atoms with Gasteiger partial charge < -0.3 is 0 Å². The highest BCUT2D eigenvalue weighted by molar-refractivity contribution is 7.92. The van der Waals surface area contributed by atoms with Crippen LogP contribution in [0, 0.1) is 0 Å². The fourth-order valence-electron chi connectivity index (χ4n) is 1.49. The number of hydrogen-bond acceptors (Lipinski definition) is 4. The molecule has 0 aliphatic carbocycles. The molecule has 1 heterocycles. The molecule has 1 aromatic rings. The maximum absolute atomic E-state index is 11.8. The van der Waals surface area contributed by atoms with Gasteiger partial charge in [0.1, 0.15) is 11.4 Å². The Morgan fingerprint density at radius 1 is 1.28 bits per heavy atom. The second kappa shape index (κ2) is 5.81. The van der Waals surface area contributed by atoms with Crippen LogP contribution in [0.15, 0.2) is 26.9 Å². The molecule has 1 aliphatic rings. The van der Waals surface area contributed by atoms with E-state index in [1.54, 1.807) is 18.2 Å². The van der Waals surface area contributed by atoms with Crippen molar-refractivity contribution in [2.24, 2.45) is 8.73 Å². The first-order valence-electron chi connectivity index (χ1n) is 5.40. The lowest BCUT2D eigenvalue weighted by Gasteiger charge is -2.09. The summed E-state index contributed by atoms with van der Waals surface area (Å²) in [6.45, 7) is 0. The molecule has 0 fully saturated rings. The number of hydrogen-bond donors (Lipinski definition) is 1. The third-order valence-corrected chi connectivity index (χ3v) is 4.52. The monoisotopic (exact) mass is 305 g/mol. The molecule has 1 aliphatic heterocycles. The second-order valence-electron chi connectivity index (χ2n) is 3.75. The normalized spacial score (nSPS) is 13.2. The first-order chi connectivity index (χ1) is 8.62. The molecule has 8 heteroatoms. The number of sulfonamides is 1. The second-order valence-corrected chi connectivity index (χ2v) is 6.50. The van der Waals surface area contributed by atoms with Gasteiger partial charge in [0.05, 0.1) is 22.8 Å². The van der Waals surface area contributed by atoms with Gasteiger partial charge >= 0.3 is 0 Å². The van der Waals surface area contributed by atoms with Gasteiger partial charge in [-0.25, -0.2) is 8.42 Å². The van der Waals surface area contributed by atoms with Crippen LogP contribution in [0.4, 0.5) is 17.1 Å². The summed E-state index contributed by atoms with van der Waals surface area (Å²) in [5.74, 6) is 0.536. The van der Waals surface area contributed by atoms with Crippen molar-refractivity contribution in [1.82, 2.24) is 0 Å².